The van der Waals surface area contributed by atoms with Crippen LogP contribution in [0.25, 0.3) is 11.3 Å². The zero-order valence-electron chi connectivity index (χ0n) is 17.4. The van der Waals surface area contributed by atoms with Crippen LogP contribution in [0.1, 0.15) is 29.0 Å². The predicted octanol–water partition coefficient (Wildman–Crippen LogP) is 2.44. The molecule has 3 heterocycles. The van der Waals surface area contributed by atoms with E-state index in [9.17, 15) is 10.1 Å². The van der Waals surface area contributed by atoms with Gasteiger partial charge in [0, 0.05) is 31.5 Å². The maximum absolute atomic E-state index is 13.2. The number of aromatic nitrogens is 4. The average Bonchev–Trinajstić information content (AvgIpc) is 3.20. The van der Waals surface area contributed by atoms with Crippen molar-refractivity contribution in [3.8, 4) is 29.0 Å². The highest BCUT2D eigenvalue weighted by atomic mass is 16.5. The lowest BCUT2D eigenvalue weighted by atomic mass is 10.1. The summed E-state index contributed by atoms with van der Waals surface area (Å²) < 4.78 is 12.8. The molecule has 0 radical (unpaired) electrons. The minimum absolute atomic E-state index is 0.114. The Morgan fingerprint density at radius 1 is 1.26 bits per heavy atom. The third kappa shape index (κ3) is 4.33. The molecule has 158 valence electrons. The van der Waals surface area contributed by atoms with Crippen molar-refractivity contribution >= 4 is 5.91 Å². The molecule has 1 amide bonds. The number of nitrogens with zero attached hydrogens (tertiary/aromatic N) is 6. The zero-order chi connectivity index (χ0) is 21.8. The van der Waals surface area contributed by atoms with Crippen LogP contribution < -0.4 is 9.47 Å². The van der Waals surface area contributed by atoms with Crippen molar-refractivity contribution in [1.29, 1.82) is 5.26 Å². The summed E-state index contributed by atoms with van der Waals surface area (Å²) in [7, 11) is 3.37. The van der Waals surface area contributed by atoms with Gasteiger partial charge in [-0.1, -0.05) is 12.1 Å². The Labute approximate surface area is 179 Å². The molecule has 0 N–H and O–H groups in total. The highest BCUT2D eigenvalue weighted by molar-refractivity contribution is 5.93. The van der Waals surface area contributed by atoms with E-state index >= 15 is 0 Å². The normalized spacial score (nSPS) is 15.9. The SMILES string of the molecule is COc1cccc(-c2cc(C(=O)N3CCCC(Oc4nccnc4C#N)C3)n(C)n2)c1. The first-order valence-corrected chi connectivity index (χ1v) is 9.94. The van der Waals surface area contributed by atoms with E-state index in [-0.39, 0.29) is 23.6 Å². The lowest BCUT2D eigenvalue weighted by molar-refractivity contribution is 0.0516. The van der Waals surface area contributed by atoms with Crippen molar-refractivity contribution in [2.24, 2.45) is 7.05 Å². The van der Waals surface area contributed by atoms with E-state index < -0.39 is 0 Å². The molecule has 2 aromatic heterocycles. The molecule has 0 saturated carbocycles. The van der Waals surface area contributed by atoms with Gasteiger partial charge in [0.15, 0.2) is 0 Å². The molecular formula is C22H22N6O3. The second kappa shape index (κ2) is 8.83. The number of hydrogen-bond acceptors (Lipinski definition) is 7. The fraction of sp³-hybridized carbons (Fsp3) is 0.318. The molecule has 1 atom stereocenters. The molecule has 9 nitrogen and oxygen atoms in total. The van der Waals surface area contributed by atoms with Crippen LogP contribution in [0.5, 0.6) is 11.6 Å². The Morgan fingerprint density at radius 3 is 2.90 bits per heavy atom. The number of likely N-dealkylation sites (tertiary alicyclic amines) is 1. The van der Waals surface area contributed by atoms with Gasteiger partial charge in [0.2, 0.25) is 5.69 Å². The topological polar surface area (TPSA) is 106 Å². The number of benzene rings is 1. The minimum Gasteiger partial charge on any atom is -0.497 e. The van der Waals surface area contributed by atoms with Gasteiger partial charge in [-0.05, 0) is 31.0 Å². The van der Waals surface area contributed by atoms with Gasteiger partial charge in [0.05, 0.1) is 19.3 Å². The van der Waals surface area contributed by atoms with Crippen LogP contribution in [0.3, 0.4) is 0 Å². The van der Waals surface area contributed by atoms with Crippen LogP contribution in [-0.4, -0.2) is 56.9 Å². The Morgan fingerprint density at radius 2 is 2.10 bits per heavy atom. The fourth-order valence-electron chi connectivity index (χ4n) is 3.62. The minimum atomic E-state index is -0.257. The van der Waals surface area contributed by atoms with E-state index in [4.69, 9.17) is 9.47 Å². The molecule has 1 fully saturated rings. The highest BCUT2D eigenvalue weighted by Gasteiger charge is 2.28. The highest BCUT2D eigenvalue weighted by Crippen LogP contribution is 2.25. The fourth-order valence-corrected chi connectivity index (χ4v) is 3.62. The van der Waals surface area contributed by atoms with Crippen LogP contribution in [0.4, 0.5) is 0 Å². The quantitative estimate of drug-likeness (QED) is 0.626. The number of aryl methyl sites for hydroxylation is 1. The molecule has 1 aliphatic heterocycles. The van der Waals surface area contributed by atoms with Crippen molar-refractivity contribution in [3.63, 3.8) is 0 Å². The number of carbonyl (C=O) groups is 1. The van der Waals surface area contributed by atoms with Crippen molar-refractivity contribution in [3.05, 3.63) is 54.1 Å². The van der Waals surface area contributed by atoms with Crippen LogP contribution in [0, 0.1) is 11.3 Å². The van der Waals surface area contributed by atoms with Gasteiger partial charge >= 0.3 is 0 Å². The van der Waals surface area contributed by atoms with Gasteiger partial charge in [0.25, 0.3) is 11.8 Å². The molecular weight excluding hydrogens is 396 g/mol. The summed E-state index contributed by atoms with van der Waals surface area (Å²) in [6, 6.07) is 11.3. The molecule has 1 unspecified atom stereocenters. The molecule has 0 aliphatic carbocycles. The Balaban J connectivity index is 1.50. The number of hydrogen-bond donors (Lipinski definition) is 0. The monoisotopic (exact) mass is 418 g/mol. The van der Waals surface area contributed by atoms with E-state index in [1.165, 1.54) is 12.4 Å². The van der Waals surface area contributed by atoms with Crippen LogP contribution >= 0.6 is 0 Å². The smallest absolute Gasteiger partial charge is 0.272 e. The summed E-state index contributed by atoms with van der Waals surface area (Å²) in [5.74, 6) is 0.815. The summed E-state index contributed by atoms with van der Waals surface area (Å²) in [6.07, 6.45) is 4.24. The molecule has 31 heavy (non-hydrogen) atoms. The maximum Gasteiger partial charge on any atom is 0.272 e. The third-order valence-corrected chi connectivity index (χ3v) is 5.18. The van der Waals surface area contributed by atoms with Crippen molar-refractivity contribution < 1.29 is 14.3 Å². The number of ether oxygens (including phenoxy) is 2. The van der Waals surface area contributed by atoms with E-state index in [1.807, 2.05) is 30.3 Å². The Hall–Kier alpha value is -3.93. The van der Waals surface area contributed by atoms with Gasteiger partial charge < -0.3 is 14.4 Å². The lowest BCUT2D eigenvalue weighted by Gasteiger charge is -2.32. The number of amides is 1. The first kappa shape index (κ1) is 20.3. The third-order valence-electron chi connectivity index (χ3n) is 5.18. The van der Waals surface area contributed by atoms with Crippen LogP contribution in [-0.2, 0) is 7.05 Å². The summed E-state index contributed by atoms with van der Waals surface area (Å²) in [5, 5.41) is 13.7. The summed E-state index contributed by atoms with van der Waals surface area (Å²) in [5.41, 5.74) is 2.21. The summed E-state index contributed by atoms with van der Waals surface area (Å²) >= 11 is 0. The second-order valence-electron chi connectivity index (χ2n) is 7.23. The summed E-state index contributed by atoms with van der Waals surface area (Å²) in [4.78, 5) is 23.0. The average molecular weight is 418 g/mol. The van der Waals surface area contributed by atoms with Crippen LogP contribution in [0.2, 0.25) is 0 Å². The lowest BCUT2D eigenvalue weighted by Crippen LogP contribution is -2.45. The molecule has 0 bridgehead atoms. The molecule has 1 aliphatic rings. The molecule has 0 spiro atoms. The van der Waals surface area contributed by atoms with E-state index in [0.717, 1.165) is 24.2 Å². The number of nitriles is 1. The van der Waals surface area contributed by atoms with Crippen molar-refractivity contribution in [2.75, 3.05) is 20.2 Å². The Bertz CT molecular complexity index is 1140. The van der Waals surface area contributed by atoms with Gasteiger partial charge in [-0.3, -0.25) is 9.48 Å². The first-order valence-electron chi connectivity index (χ1n) is 9.94. The molecule has 4 rings (SSSR count). The molecule has 9 heteroatoms. The summed E-state index contributed by atoms with van der Waals surface area (Å²) in [6.45, 7) is 1.03. The zero-order valence-corrected chi connectivity index (χ0v) is 17.4. The molecule has 1 saturated heterocycles. The number of carbonyl (C=O) groups excluding carboxylic acids is 1. The van der Waals surface area contributed by atoms with E-state index in [1.54, 1.807) is 29.8 Å². The van der Waals surface area contributed by atoms with Crippen LogP contribution in [0.15, 0.2) is 42.7 Å². The standard InChI is InChI=1S/C22H22N6O3/c1-27-20(12-18(26-27)15-5-3-6-16(11-15)30-2)22(29)28-10-4-7-17(14-28)31-21-19(13-23)24-8-9-25-21/h3,5-6,8-9,11-12,17H,4,7,10,14H2,1-2H3. The number of methoxy groups -OCH3 is 1. The van der Waals surface area contributed by atoms with Gasteiger partial charge in [-0.25, -0.2) is 9.97 Å². The van der Waals surface area contributed by atoms with E-state index in [0.29, 0.717) is 24.5 Å². The van der Waals surface area contributed by atoms with E-state index in [2.05, 4.69) is 15.1 Å². The van der Waals surface area contributed by atoms with Crippen molar-refractivity contribution in [2.45, 2.75) is 18.9 Å². The molecule has 1 aromatic carbocycles. The van der Waals surface area contributed by atoms with Gasteiger partial charge in [-0.15, -0.1) is 0 Å². The first-order chi connectivity index (χ1) is 15.1. The van der Waals surface area contributed by atoms with Gasteiger partial charge in [0.1, 0.15) is 23.6 Å². The maximum atomic E-state index is 13.2. The largest absolute Gasteiger partial charge is 0.497 e. The number of piperidine rings is 1. The van der Waals surface area contributed by atoms with Crippen molar-refractivity contribution in [1.82, 2.24) is 24.6 Å². The van der Waals surface area contributed by atoms with Gasteiger partial charge in [-0.2, -0.15) is 10.4 Å². The predicted molar refractivity (Wildman–Crippen MR) is 111 cm³/mol. The second-order valence-corrected chi connectivity index (χ2v) is 7.23. The molecule has 3 aromatic rings. The Kier molecular flexibility index (Phi) is 5.80. The number of rotatable bonds is 5.